The number of nitrogens with zero attached hydrogens (tertiary/aromatic N) is 4. The molecule has 10 heteroatoms. The van der Waals surface area contributed by atoms with Gasteiger partial charge in [-0.3, -0.25) is 4.79 Å². The SMILES string of the molecule is CC(C)NS(=O)(=O)c1ccc(F)c(C(=O)N2CCCC(c3nncn3C(C)C)C2)c1. The molecular weight excluding hydrogens is 409 g/mol. The lowest BCUT2D eigenvalue weighted by Gasteiger charge is -2.33. The highest BCUT2D eigenvalue weighted by Gasteiger charge is 2.30. The number of amides is 1. The number of likely N-dealkylation sites (tertiary alicyclic amines) is 1. The third-order valence-electron chi connectivity index (χ3n) is 5.10. The fraction of sp³-hybridized carbons (Fsp3) is 0.550. The van der Waals surface area contributed by atoms with E-state index >= 15 is 0 Å². The molecule has 1 amide bonds. The largest absolute Gasteiger partial charge is 0.338 e. The fourth-order valence-corrected chi connectivity index (χ4v) is 4.98. The molecule has 1 saturated heterocycles. The Labute approximate surface area is 176 Å². The number of carbonyl (C=O) groups is 1. The smallest absolute Gasteiger partial charge is 0.256 e. The number of halogens is 1. The van der Waals surface area contributed by atoms with E-state index in [1.807, 2.05) is 18.4 Å². The summed E-state index contributed by atoms with van der Waals surface area (Å²) in [5.74, 6) is -0.462. The van der Waals surface area contributed by atoms with E-state index < -0.39 is 21.7 Å². The van der Waals surface area contributed by atoms with Crippen LogP contribution in [0.5, 0.6) is 0 Å². The molecule has 1 aliphatic heterocycles. The van der Waals surface area contributed by atoms with E-state index in [0.717, 1.165) is 30.8 Å². The third kappa shape index (κ3) is 4.70. The second-order valence-corrected chi connectivity index (χ2v) is 9.91. The predicted molar refractivity (Wildman–Crippen MR) is 110 cm³/mol. The van der Waals surface area contributed by atoms with Gasteiger partial charge in [0.2, 0.25) is 10.0 Å². The fourth-order valence-electron chi connectivity index (χ4n) is 3.70. The van der Waals surface area contributed by atoms with E-state index in [1.54, 1.807) is 25.1 Å². The van der Waals surface area contributed by atoms with Gasteiger partial charge in [0.15, 0.2) is 0 Å². The Balaban J connectivity index is 1.85. The van der Waals surface area contributed by atoms with E-state index in [9.17, 15) is 17.6 Å². The van der Waals surface area contributed by atoms with E-state index in [1.165, 1.54) is 6.07 Å². The molecule has 1 fully saturated rings. The van der Waals surface area contributed by atoms with Crippen LogP contribution in [0.25, 0.3) is 0 Å². The summed E-state index contributed by atoms with van der Waals surface area (Å²) in [5, 5.41) is 8.23. The van der Waals surface area contributed by atoms with Gasteiger partial charge in [0, 0.05) is 31.1 Å². The maximum Gasteiger partial charge on any atom is 0.256 e. The van der Waals surface area contributed by atoms with Crippen LogP contribution in [0.15, 0.2) is 29.4 Å². The maximum absolute atomic E-state index is 14.5. The molecule has 1 N–H and O–H groups in total. The van der Waals surface area contributed by atoms with Gasteiger partial charge in [0.25, 0.3) is 5.91 Å². The number of rotatable bonds is 6. The van der Waals surface area contributed by atoms with Crippen LogP contribution >= 0.6 is 0 Å². The lowest BCUT2D eigenvalue weighted by atomic mass is 9.96. The zero-order chi connectivity index (χ0) is 22.1. The van der Waals surface area contributed by atoms with Crippen molar-refractivity contribution in [3.05, 3.63) is 41.7 Å². The van der Waals surface area contributed by atoms with Gasteiger partial charge in [-0.05, 0) is 58.7 Å². The van der Waals surface area contributed by atoms with Gasteiger partial charge in [-0.2, -0.15) is 0 Å². The average Bonchev–Trinajstić information content (AvgIpc) is 3.17. The lowest BCUT2D eigenvalue weighted by Crippen LogP contribution is -2.40. The zero-order valence-electron chi connectivity index (χ0n) is 17.7. The number of sulfonamides is 1. The Morgan fingerprint density at radius 2 is 2.00 bits per heavy atom. The molecule has 1 aliphatic rings. The first-order valence-corrected chi connectivity index (χ1v) is 11.6. The van der Waals surface area contributed by atoms with Crippen LogP contribution in [0, 0.1) is 5.82 Å². The first kappa shape index (κ1) is 22.4. The Bertz CT molecular complexity index is 1020. The summed E-state index contributed by atoms with van der Waals surface area (Å²) in [6.07, 6.45) is 3.27. The minimum absolute atomic E-state index is 0.00909. The summed E-state index contributed by atoms with van der Waals surface area (Å²) in [7, 11) is -3.83. The predicted octanol–water partition coefficient (Wildman–Crippen LogP) is 2.70. The average molecular weight is 438 g/mol. The van der Waals surface area contributed by atoms with Gasteiger partial charge < -0.3 is 9.47 Å². The van der Waals surface area contributed by atoms with Crippen LogP contribution in [0.1, 0.15) is 68.7 Å². The molecule has 1 unspecified atom stereocenters. The van der Waals surface area contributed by atoms with Gasteiger partial charge in [-0.1, -0.05) is 0 Å². The van der Waals surface area contributed by atoms with E-state index in [0.29, 0.717) is 13.1 Å². The number of benzene rings is 1. The number of hydrogen-bond donors (Lipinski definition) is 1. The topological polar surface area (TPSA) is 97.2 Å². The monoisotopic (exact) mass is 437 g/mol. The van der Waals surface area contributed by atoms with Crippen molar-refractivity contribution < 1.29 is 17.6 Å². The van der Waals surface area contributed by atoms with Crippen LogP contribution in [0.4, 0.5) is 4.39 Å². The second kappa shape index (κ2) is 8.81. The van der Waals surface area contributed by atoms with Crippen molar-refractivity contribution in [2.75, 3.05) is 13.1 Å². The molecule has 0 spiro atoms. The van der Waals surface area contributed by atoms with Crippen LogP contribution in [-0.2, 0) is 10.0 Å². The summed E-state index contributed by atoms with van der Waals surface area (Å²) in [4.78, 5) is 14.5. The first-order chi connectivity index (χ1) is 14.1. The van der Waals surface area contributed by atoms with Crippen LogP contribution < -0.4 is 4.72 Å². The minimum Gasteiger partial charge on any atom is -0.338 e. The Kier molecular flexibility index (Phi) is 6.56. The highest BCUT2D eigenvalue weighted by molar-refractivity contribution is 7.89. The number of hydrogen-bond acceptors (Lipinski definition) is 5. The summed E-state index contributed by atoms with van der Waals surface area (Å²) < 4.78 is 43.8. The van der Waals surface area contributed by atoms with Crippen molar-refractivity contribution in [3.8, 4) is 0 Å². The van der Waals surface area contributed by atoms with E-state index in [-0.39, 0.29) is 28.5 Å². The van der Waals surface area contributed by atoms with Gasteiger partial charge in [0.05, 0.1) is 10.5 Å². The molecule has 0 aliphatic carbocycles. The molecule has 3 rings (SSSR count). The van der Waals surface area contributed by atoms with Gasteiger partial charge >= 0.3 is 0 Å². The van der Waals surface area contributed by atoms with E-state index in [2.05, 4.69) is 14.9 Å². The van der Waals surface area contributed by atoms with Crippen molar-refractivity contribution in [2.45, 2.75) is 63.4 Å². The molecule has 2 aromatic rings. The molecular formula is C20H28FN5O3S. The molecule has 1 atom stereocenters. The Morgan fingerprint density at radius 1 is 1.27 bits per heavy atom. The number of piperidine rings is 1. The van der Waals surface area contributed by atoms with Crippen molar-refractivity contribution >= 4 is 15.9 Å². The molecule has 1 aromatic carbocycles. The molecule has 1 aromatic heterocycles. The first-order valence-electron chi connectivity index (χ1n) is 10.1. The van der Waals surface area contributed by atoms with Gasteiger partial charge in [0.1, 0.15) is 18.0 Å². The van der Waals surface area contributed by atoms with Gasteiger partial charge in [-0.15, -0.1) is 10.2 Å². The summed E-state index contributed by atoms with van der Waals surface area (Å²) in [5.41, 5.74) is -0.243. The Hall–Kier alpha value is -2.33. The van der Waals surface area contributed by atoms with Gasteiger partial charge in [-0.25, -0.2) is 17.5 Å². The normalized spacial score (nSPS) is 17.7. The summed E-state index contributed by atoms with van der Waals surface area (Å²) in [6.45, 7) is 8.31. The minimum atomic E-state index is -3.83. The lowest BCUT2D eigenvalue weighted by molar-refractivity contribution is 0.0698. The molecule has 0 saturated carbocycles. The highest BCUT2D eigenvalue weighted by atomic mass is 32.2. The van der Waals surface area contributed by atoms with Crippen molar-refractivity contribution in [3.63, 3.8) is 0 Å². The maximum atomic E-state index is 14.5. The zero-order valence-corrected chi connectivity index (χ0v) is 18.5. The molecule has 8 nitrogen and oxygen atoms in total. The Morgan fingerprint density at radius 3 is 2.67 bits per heavy atom. The van der Waals surface area contributed by atoms with E-state index in [4.69, 9.17) is 0 Å². The van der Waals surface area contributed by atoms with Crippen LogP contribution in [-0.4, -0.2) is 53.1 Å². The second-order valence-electron chi connectivity index (χ2n) is 8.20. The third-order valence-corrected chi connectivity index (χ3v) is 6.76. The van der Waals surface area contributed by atoms with Crippen molar-refractivity contribution in [2.24, 2.45) is 0 Å². The highest BCUT2D eigenvalue weighted by Crippen LogP contribution is 2.28. The number of nitrogens with one attached hydrogen (secondary N) is 1. The van der Waals surface area contributed by atoms with Crippen molar-refractivity contribution in [1.82, 2.24) is 24.4 Å². The molecule has 0 radical (unpaired) electrons. The quantitative estimate of drug-likeness (QED) is 0.749. The summed E-state index contributed by atoms with van der Waals surface area (Å²) >= 11 is 0. The molecule has 30 heavy (non-hydrogen) atoms. The van der Waals surface area contributed by atoms with Crippen molar-refractivity contribution in [1.29, 1.82) is 0 Å². The number of aromatic nitrogens is 3. The van der Waals surface area contributed by atoms with Crippen LogP contribution in [0.3, 0.4) is 0 Å². The van der Waals surface area contributed by atoms with Crippen LogP contribution in [0.2, 0.25) is 0 Å². The molecule has 0 bridgehead atoms. The summed E-state index contributed by atoms with van der Waals surface area (Å²) in [6, 6.07) is 3.18. The standard InChI is InChI=1S/C20H28FN5O3S/c1-13(2)24-30(28,29)16-7-8-18(21)17(10-16)20(27)25-9-5-6-15(11-25)19-23-22-12-26(19)14(3)4/h7-8,10,12-15,24H,5-6,9,11H2,1-4H3. The molecule has 2 heterocycles. The molecule has 164 valence electrons. The number of carbonyl (C=O) groups excluding carboxylic acids is 1.